The molecule has 1 aromatic carbocycles. The van der Waals surface area contributed by atoms with Gasteiger partial charge in [0.15, 0.2) is 0 Å². The molecule has 7 heteroatoms. The Kier molecular flexibility index (Phi) is 6.54. The van der Waals surface area contributed by atoms with Crippen LogP contribution in [-0.2, 0) is 16.0 Å². The van der Waals surface area contributed by atoms with Crippen LogP contribution in [0.25, 0.3) is 0 Å². The molecule has 1 atom stereocenters. The quantitative estimate of drug-likeness (QED) is 0.830. The highest BCUT2D eigenvalue weighted by Crippen LogP contribution is 2.19. The average molecular weight is 386 g/mol. The number of amides is 4. The second-order valence-corrected chi connectivity index (χ2v) is 7.98. The molecule has 7 nitrogen and oxygen atoms in total. The minimum Gasteiger partial charge on any atom is -0.338 e. The summed E-state index contributed by atoms with van der Waals surface area (Å²) in [6, 6.07) is 9.26. The van der Waals surface area contributed by atoms with E-state index in [1.54, 1.807) is 14.7 Å². The molecule has 0 aromatic heterocycles. The number of urea groups is 1. The van der Waals surface area contributed by atoms with Gasteiger partial charge in [0.2, 0.25) is 11.8 Å². The Bertz CT molecular complexity index is 707. The number of carbonyl (C=O) groups is 3. The lowest BCUT2D eigenvalue weighted by Crippen LogP contribution is -2.62. The molecule has 0 bridgehead atoms. The van der Waals surface area contributed by atoms with Gasteiger partial charge in [-0.05, 0) is 24.3 Å². The van der Waals surface area contributed by atoms with Gasteiger partial charge in [-0.3, -0.25) is 9.59 Å². The number of benzene rings is 1. The second kappa shape index (κ2) is 9.08. The molecule has 0 radical (unpaired) electrons. The van der Waals surface area contributed by atoms with Crippen LogP contribution in [0.2, 0.25) is 0 Å². The summed E-state index contributed by atoms with van der Waals surface area (Å²) in [6.45, 7) is 6.66. The van der Waals surface area contributed by atoms with Gasteiger partial charge < -0.3 is 20.0 Å². The number of hydrogen-bond acceptors (Lipinski definition) is 3. The van der Waals surface area contributed by atoms with Crippen LogP contribution in [-0.4, -0.2) is 77.9 Å². The smallest absolute Gasteiger partial charge is 0.317 e. The van der Waals surface area contributed by atoms with E-state index in [2.05, 4.69) is 5.32 Å². The van der Waals surface area contributed by atoms with Gasteiger partial charge in [0.05, 0.1) is 13.1 Å². The number of nitrogens with zero attached hydrogens (tertiary/aromatic N) is 3. The van der Waals surface area contributed by atoms with Crippen LogP contribution in [0.5, 0.6) is 0 Å². The number of fused-ring (bicyclic) bond motifs is 1. The van der Waals surface area contributed by atoms with Crippen molar-refractivity contribution >= 4 is 17.8 Å². The largest absolute Gasteiger partial charge is 0.338 e. The van der Waals surface area contributed by atoms with Crippen molar-refractivity contribution in [2.24, 2.45) is 5.92 Å². The van der Waals surface area contributed by atoms with Crippen LogP contribution < -0.4 is 5.32 Å². The summed E-state index contributed by atoms with van der Waals surface area (Å²) in [4.78, 5) is 43.1. The zero-order chi connectivity index (χ0) is 20.1. The third kappa shape index (κ3) is 4.82. The van der Waals surface area contributed by atoms with E-state index in [1.165, 1.54) is 5.56 Å². The van der Waals surface area contributed by atoms with Crippen LogP contribution >= 0.6 is 0 Å². The van der Waals surface area contributed by atoms with Gasteiger partial charge in [0.1, 0.15) is 6.04 Å². The van der Waals surface area contributed by atoms with Gasteiger partial charge in [-0.15, -0.1) is 0 Å². The molecule has 0 spiro atoms. The fourth-order valence-electron chi connectivity index (χ4n) is 3.89. The third-order valence-electron chi connectivity index (χ3n) is 5.25. The molecule has 0 saturated carbocycles. The Morgan fingerprint density at radius 3 is 2.64 bits per heavy atom. The van der Waals surface area contributed by atoms with Gasteiger partial charge in [-0.1, -0.05) is 44.2 Å². The molecule has 3 rings (SSSR count). The van der Waals surface area contributed by atoms with Crippen molar-refractivity contribution in [3.63, 3.8) is 0 Å². The maximum Gasteiger partial charge on any atom is 0.317 e. The van der Waals surface area contributed by atoms with Crippen LogP contribution in [0.4, 0.5) is 4.79 Å². The summed E-state index contributed by atoms with van der Waals surface area (Å²) in [7, 11) is 0. The van der Waals surface area contributed by atoms with Crippen LogP contribution in [0.1, 0.15) is 25.8 Å². The first-order chi connectivity index (χ1) is 13.5. The molecule has 2 aliphatic rings. The first-order valence-electron chi connectivity index (χ1n) is 10.1. The van der Waals surface area contributed by atoms with Crippen LogP contribution in [0.3, 0.4) is 0 Å². The topological polar surface area (TPSA) is 73.0 Å². The second-order valence-electron chi connectivity index (χ2n) is 7.98. The molecule has 2 saturated heterocycles. The molecular formula is C21H30N4O3. The fraction of sp³-hybridized carbons (Fsp3) is 0.571. The van der Waals surface area contributed by atoms with Gasteiger partial charge in [-0.2, -0.15) is 0 Å². The number of rotatable bonds is 5. The van der Waals surface area contributed by atoms with E-state index in [4.69, 9.17) is 0 Å². The molecule has 4 amide bonds. The first kappa shape index (κ1) is 20.2. The molecule has 2 heterocycles. The van der Waals surface area contributed by atoms with Crippen molar-refractivity contribution in [1.82, 2.24) is 20.0 Å². The summed E-state index contributed by atoms with van der Waals surface area (Å²) < 4.78 is 0. The molecular weight excluding hydrogens is 356 g/mol. The molecule has 2 aliphatic heterocycles. The van der Waals surface area contributed by atoms with Gasteiger partial charge in [-0.25, -0.2) is 4.79 Å². The van der Waals surface area contributed by atoms with E-state index < -0.39 is 6.04 Å². The van der Waals surface area contributed by atoms with E-state index in [9.17, 15) is 14.4 Å². The Hall–Kier alpha value is -2.57. The summed E-state index contributed by atoms with van der Waals surface area (Å²) >= 11 is 0. The number of carbonyl (C=O) groups excluding carboxylic acids is 3. The van der Waals surface area contributed by atoms with Gasteiger partial charge >= 0.3 is 6.03 Å². The minimum atomic E-state index is -0.567. The summed E-state index contributed by atoms with van der Waals surface area (Å²) in [5.41, 5.74) is 1.17. The Morgan fingerprint density at radius 2 is 1.93 bits per heavy atom. The van der Waals surface area contributed by atoms with E-state index in [0.29, 0.717) is 38.5 Å². The number of piperazine rings is 1. The normalized spacial score (nSPS) is 20.2. The highest BCUT2D eigenvalue weighted by Gasteiger charge is 2.42. The average Bonchev–Trinajstić information content (AvgIpc) is 2.90. The molecule has 1 N–H and O–H groups in total. The maximum absolute atomic E-state index is 12.9. The molecule has 152 valence electrons. The fourth-order valence-corrected chi connectivity index (χ4v) is 3.89. The summed E-state index contributed by atoms with van der Waals surface area (Å²) in [5.74, 6) is 0.236. The lowest BCUT2D eigenvalue weighted by Gasteiger charge is -2.40. The van der Waals surface area contributed by atoms with Crippen molar-refractivity contribution in [2.75, 3.05) is 39.3 Å². The highest BCUT2D eigenvalue weighted by atomic mass is 16.2. The Morgan fingerprint density at radius 1 is 1.18 bits per heavy atom. The molecule has 28 heavy (non-hydrogen) atoms. The Balaban J connectivity index is 1.60. The predicted molar refractivity (Wildman–Crippen MR) is 107 cm³/mol. The van der Waals surface area contributed by atoms with E-state index in [-0.39, 0.29) is 30.9 Å². The highest BCUT2D eigenvalue weighted by molar-refractivity contribution is 5.95. The third-order valence-corrected chi connectivity index (χ3v) is 5.25. The van der Waals surface area contributed by atoms with E-state index in [0.717, 1.165) is 6.42 Å². The van der Waals surface area contributed by atoms with E-state index in [1.807, 2.05) is 44.2 Å². The van der Waals surface area contributed by atoms with Crippen molar-refractivity contribution in [1.29, 1.82) is 0 Å². The molecule has 1 aromatic rings. The first-order valence-corrected chi connectivity index (χ1v) is 10.1. The zero-order valence-electron chi connectivity index (χ0n) is 16.8. The SMILES string of the molecule is CC(C)CN1CC(=O)N2CCCN(C(=O)NCCc3ccccc3)CC2C1=O. The maximum atomic E-state index is 12.9. The molecule has 2 fully saturated rings. The van der Waals surface area contributed by atoms with Crippen molar-refractivity contribution in [3.05, 3.63) is 35.9 Å². The monoisotopic (exact) mass is 386 g/mol. The van der Waals surface area contributed by atoms with Crippen molar-refractivity contribution in [3.8, 4) is 0 Å². The van der Waals surface area contributed by atoms with Gasteiger partial charge in [0.25, 0.3) is 0 Å². The van der Waals surface area contributed by atoms with Gasteiger partial charge in [0, 0.05) is 26.2 Å². The van der Waals surface area contributed by atoms with Crippen molar-refractivity contribution < 1.29 is 14.4 Å². The van der Waals surface area contributed by atoms with E-state index >= 15 is 0 Å². The molecule has 0 aliphatic carbocycles. The van der Waals surface area contributed by atoms with Crippen LogP contribution in [0, 0.1) is 5.92 Å². The summed E-state index contributed by atoms with van der Waals surface area (Å²) in [5, 5.41) is 2.95. The van der Waals surface area contributed by atoms with Crippen LogP contribution in [0.15, 0.2) is 30.3 Å². The number of hydrogen-bond donors (Lipinski definition) is 1. The zero-order valence-corrected chi connectivity index (χ0v) is 16.8. The summed E-state index contributed by atoms with van der Waals surface area (Å²) in [6.07, 6.45) is 1.45. The lowest BCUT2D eigenvalue weighted by molar-refractivity contribution is -0.156. The standard InChI is InChI=1S/C21H30N4O3/c1-16(2)13-24-15-19(26)25-12-6-11-23(14-18(25)20(24)27)21(28)22-10-9-17-7-4-3-5-8-17/h3-5,7-8,16,18H,6,9-15H2,1-2H3,(H,22,28). The van der Waals surface area contributed by atoms with Crippen molar-refractivity contribution in [2.45, 2.75) is 32.7 Å². The Labute approximate surface area is 166 Å². The predicted octanol–water partition coefficient (Wildman–Crippen LogP) is 1.34. The minimum absolute atomic E-state index is 0.0171. The number of nitrogens with one attached hydrogen (secondary N) is 1. The lowest BCUT2D eigenvalue weighted by atomic mass is 10.1. The molecule has 1 unspecified atom stereocenters.